The third-order valence-electron chi connectivity index (χ3n) is 5.21. The van der Waals surface area contributed by atoms with Crippen molar-refractivity contribution in [3.63, 3.8) is 0 Å². The van der Waals surface area contributed by atoms with Gasteiger partial charge in [-0.15, -0.1) is 5.10 Å². The highest BCUT2D eigenvalue weighted by molar-refractivity contribution is 5.87. The summed E-state index contributed by atoms with van der Waals surface area (Å²) in [6.07, 6.45) is 1.78. The van der Waals surface area contributed by atoms with Crippen LogP contribution < -0.4 is 4.74 Å². The lowest BCUT2D eigenvalue weighted by atomic mass is 10.2. The maximum Gasteiger partial charge on any atom is 0.356 e. The molecule has 3 heterocycles. The van der Waals surface area contributed by atoms with Crippen molar-refractivity contribution in [2.75, 3.05) is 14.2 Å². The molecule has 5 aromatic rings. The Labute approximate surface area is 189 Å². The molecule has 0 amide bonds. The molecule has 0 aliphatic heterocycles. The van der Waals surface area contributed by atoms with Crippen LogP contribution in [0.3, 0.4) is 0 Å². The summed E-state index contributed by atoms with van der Waals surface area (Å²) in [6.45, 7) is 0.393. The van der Waals surface area contributed by atoms with E-state index in [1.165, 1.54) is 7.11 Å². The Bertz CT molecular complexity index is 1440. The number of carbonyl (C=O) groups is 1. The van der Waals surface area contributed by atoms with Crippen molar-refractivity contribution in [2.45, 2.75) is 6.54 Å². The van der Waals surface area contributed by atoms with Crippen molar-refractivity contribution >= 4 is 17.0 Å². The number of nitrogens with zero attached hydrogens (tertiary/aromatic N) is 6. The predicted octanol–water partition coefficient (Wildman–Crippen LogP) is 3.52. The molecule has 0 saturated carbocycles. The molecule has 0 radical (unpaired) electrons. The number of rotatable bonds is 6. The van der Waals surface area contributed by atoms with Gasteiger partial charge in [-0.1, -0.05) is 23.4 Å². The molecule has 0 saturated heterocycles. The molecule has 3 aromatic heterocycles. The lowest BCUT2D eigenvalue weighted by Gasteiger charge is -2.10. The maximum atomic E-state index is 11.8. The van der Waals surface area contributed by atoms with Gasteiger partial charge in [-0.2, -0.15) is 0 Å². The standard InChI is InChI=1S/C24H20N6O3/c1-32-17-12-10-16(11-13-17)30-22-9-4-3-6-19(22)26-23(30)15-29-14-21(27-28-29)18-7-5-8-20(25-18)24(31)33-2/h3-14H,15H2,1-2H3. The van der Waals surface area contributed by atoms with Crippen LogP contribution in [0.4, 0.5) is 0 Å². The molecule has 0 aliphatic rings. The first kappa shape index (κ1) is 20.4. The summed E-state index contributed by atoms with van der Waals surface area (Å²) in [5.41, 5.74) is 4.14. The Hall–Kier alpha value is -4.53. The van der Waals surface area contributed by atoms with Crippen LogP contribution in [0.1, 0.15) is 16.3 Å². The molecule has 0 N–H and O–H groups in total. The minimum absolute atomic E-state index is 0.214. The van der Waals surface area contributed by atoms with E-state index in [0.717, 1.165) is 28.3 Å². The number of imidazole rings is 1. The van der Waals surface area contributed by atoms with Crippen molar-refractivity contribution in [2.24, 2.45) is 0 Å². The highest BCUT2D eigenvalue weighted by atomic mass is 16.5. The smallest absolute Gasteiger partial charge is 0.356 e. The van der Waals surface area contributed by atoms with E-state index < -0.39 is 5.97 Å². The molecule has 33 heavy (non-hydrogen) atoms. The molecule has 0 spiro atoms. The quantitative estimate of drug-likeness (QED) is 0.373. The number of para-hydroxylation sites is 2. The van der Waals surface area contributed by atoms with Crippen molar-refractivity contribution in [1.29, 1.82) is 0 Å². The normalized spacial score (nSPS) is 11.0. The molecule has 2 aromatic carbocycles. The minimum Gasteiger partial charge on any atom is -0.497 e. The van der Waals surface area contributed by atoms with Gasteiger partial charge in [0.2, 0.25) is 0 Å². The molecular weight excluding hydrogens is 420 g/mol. The van der Waals surface area contributed by atoms with E-state index in [1.807, 2.05) is 48.5 Å². The average Bonchev–Trinajstić information content (AvgIpc) is 3.48. The predicted molar refractivity (Wildman–Crippen MR) is 121 cm³/mol. The molecule has 0 aliphatic carbocycles. The van der Waals surface area contributed by atoms with Gasteiger partial charge in [-0.25, -0.2) is 19.4 Å². The van der Waals surface area contributed by atoms with Crippen LogP contribution in [0.5, 0.6) is 5.75 Å². The van der Waals surface area contributed by atoms with Gasteiger partial charge in [0.25, 0.3) is 0 Å². The fourth-order valence-corrected chi connectivity index (χ4v) is 3.63. The zero-order valence-electron chi connectivity index (χ0n) is 18.0. The van der Waals surface area contributed by atoms with E-state index in [9.17, 15) is 4.79 Å². The lowest BCUT2D eigenvalue weighted by Crippen LogP contribution is -2.08. The first-order chi connectivity index (χ1) is 16.2. The van der Waals surface area contributed by atoms with E-state index in [2.05, 4.69) is 19.9 Å². The molecule has 0 unspecified atom stereocenters. The van der Waals surface area contributed by atoms with Gasteiger partial charge in [0.1, 0.15) is 29.5 Å². The van der Waals surface area contributed by atoms with E-state index >= 15 is 0 Å². The number of carbonyl (C=O) groups excluding carboxylic acids is 1. The van der Waals surface area contributed by atoms with Gasteiger partial charge in [0, 0.05) is 5.69 Å². The van der Waals surface area contributed by atoms with E-state index in [1.54, 1.807) is 36.2 Å². The second kappa shape index (κ2) is 8.54. The van der Waals surface area contributed by atoms with Gasteiger partial charge in [0.05, 0.1) is 37.1 Å². The van der Waals surface area contributed by atoms with E-state index in [-0.39, 0.29) is 5.69 Å². The summed E-state index contributed by atoms with van der Waals surface area (Å²) in [4.78, 5) is 20.9. The van der Waals surface area contributed by atoms with Gasteiger partial charge in [-0.05, 0) is 48.5 Å². The summed E-state index contributed by atoms with van der Waals surface area (Å²) in [6, 6.07) is 20.9. The third-order valence-corrected chi connectivity index (χ3v) is 5.21. The largest absolute Gasteiger partial charge is 0.497 e. The van der Waals surface area contributed by atoms with E-state index in [4.69, 9.17) is 14.5 Å². The molecule has 5 rings (SSSR count). The highest BCUT2D eigenvalue weighted by Crippen LogP contribution is 2.24. The summed E-state index contributed by atoms with van der Waals surface area (Å²) in [5, 5.41) is 8.48. The number of benzene rings is 2. The molecule has 0 bridgehead atoms. The van der Waals surface area contributed by atoms with Gasteiger partial charge < -0.3 is 9.47 Å². The first-order valence-electron chi connectivity index (χ1n) is 10.2. The van der Waals surface area contributed by atoms with Crippen LogP contribution in [0, 0.1) is 0 Å². The second-order valence-corrected chi connectivity index (χ2v) is 7.25. The number of ether oxygens (including phenoxy) is 2. The average molecular weight is 440 g/mol. The topological polar surface area (TPSA) is 97.0 Å². The SMILES string of the molecule is COC(=O)c1cccc(-c2cn(Cc3nc4ccccc4n3-c3ccc(OC)cc3)nn2)n1. The van der Waals surface area contributed by atoms with Crippen LogP contribution in [-0.4, -0.2) is 49.7 Å². The number of hydrogen-bond acceptors (Lipinski definition) is 7. The number of pyridine rings is 1. The molecule has 9 heteroatoms. The summed E-state index contributed by atoms with van der Waals surface area (Å²) >= 11 is 0. The van der Waals surface area contributed by atoms with Crippen LogP contribution in [0.15, 0.2) is 72.9 Å². The number of aromatic nitrogens is 6. The second-order valence-electron chi connectivity index (χ2n) is 7.25. The van der Waals surface area contributed by atoms with Crippen molar-refractivity contribution in [1.82, 2.24) is 29.5 Å². The zero-order valence-corrected chi connectivity index (χ0v) is 18.0. The van der Waals surface area contributed by atoms with E-state index in [0.29, 0.717) is 17.9 Å². The van der Waals surface area contributed by atoms with Gasteiger partial charge >= 0.3 is 5.97 Å². The monoisotopic (exact) mass is 440 g/mol. The number of hydrogen-bond donors (Lipinski definition) is 0. The van der Waals surface area contributed by atoms with Crippen molar-refractivity contribution in [3.8, 4) is 22.8 Å². The summed E-state index contributed by atoms with van der Waals surface area (Å²) < 4.78 is 13.8. The molecule has 0 atom stereocenters. The molecule has 0 fully saturated rings. The van der Waals surface area contributed by atoms with Gasteiger partial charge in [0.15, 0.2) is 0 Å². The Morgan fingerprint density at radius 1 is 0.909 bits per heavy atom. The fraction of sp³-hybridized carbons (Fsp3) is 0.125. The van der Waals surface area contributed by atoms with Crippen LogP contribution in [0.25, 0.3) is 28.1 Å². The maximum absolute atomic E-state index is 11.8. The third kappa shape index (κ3) is 3.91. The minimum atomic E-state index is -0.502. The number of fused-ring (bicyclic) bond motifs is 1. The lowest BCUT2D eigenvalue weighted by molar-refractivity contribution is 0.0594. The summed E-state index contributed by atoms with van der Waals surface area (Å²) in [7, 11) is 2.97. The number of methoxy groups -OCH3 is 2. The Balaban J connectivity index is 1.50. The fourth-order valence-electron chi connectivity index (χ4n) is 3.63. The Morgan fingerprint density at radius 3 is 2.52 bits per heavy atom. The van der Waals surface area contributed by atoms with Crippen LogP contribution >= 0.6 is 0 Å². The van der Waals surface area contributed by atoms with Crippen LogP contribution in [0.2, 0.25) is 0 Å². The summed E-state index contributed by atoms with van der Waals surface area (Å²) in [5.74, 6) is 1.08. The first-order valence-corrected chi connectivity index (χ1v) is 10.2. The molecule has 164 valence electrons. The highest BCUT2D eigenvalue weighted by Gasteiger charge is 2.15. The number of esters is 1. The van der Waals surface area contributed by atoms with Crippen LogP contribution in [-0.2, 0) is 11.3 Å². The Morgan fingerprint density at radius 2 is 1.73 bits per heavy atom. The van der Waals surface area contributed by atoms with Crippen molar-refractivity contribution < 1.29 is 14.3 Å². The zero-order chi connectivity index (χ0) is 22.8. The van der Waals surface area contributed by atoms with Gasteiger partial charge in [-0.3, -0.25) is 4.57 Å². The molecular formula is C24H20N6O3. The Kier molecular flexibility index (Phi) is 5.27. The molecule has 9 nitrogen and oxygen atoms in total. The van der Waals surface area contributed by atoms with Crippen molar-refractivity contribution in [3.05, 3.63) is 84.4 Å².